The zero-order chi connectivity index (χ0) is 17.8. The molecule has 0 aromatic heterocycles. The predicted octanol–water partition coefficient (Wildman–Crippen LogP) is 6.89. The van der Waals surface area contributed by atoms with Crippen LogP contribution < -0.4 is 0 Å². The van der Waals surface area contributed by atoms with E-state index < -0.39 is 8.32 Å². The minimum Gasteiger partial charge on any atom is -0.407 e. The predicted molar refractivity (Wildman–Crippen MR) is 105 cm³/mol. The van der Waals surface area contributed by atoms with Crippen molar-refractivity contribution in [2.24, 2.45) is 0 Å². The molecular formula is C20H42O2Si. The van der Waals surface area contributed by atoms with Crippen molar-refractivity contribution in [1.82, 2.24) is 0 Å². The second kappa shape index (κ2) is 12.2. The van der Waals surface area contributed by atoms with Crippen LogP contribution in [0.15, 0.2) is 0 Å². The summed E-state index contributed by atoms with van der Waals surface area (Å²) < 4.78 is 6.20. The van der Waals surface area contributed by atoms with E-state index in [9.17, 15) is 4.79 Å². The van der Waals surface area contributed by atoms with Crippen LogP contribution in [0, 0.1) is 0 Å². The molecule has 0 aromatic carbocycles. The summed E-state index contributed by atoms with van der Waals surface area (Å²) in [5, 5.41) is 0.173. The van der Waals surface area contributed by atoms with E-state index in [1.54, 1.807) is 0 Å². The molecule has 138 valence electrons. The van der Waals surface area contributed by atoms with Crippen LogP contribution in [0.4, 0.5) is 0 Å². The average Bonchev–Trinajstić information content (AvgIpc) is 2.46. The summed E-state index contributed by atoms with van der Waals surface area (Å²) in [7, 11) is -1.82. The highest BCUT2D eigenvalue weighted by Crippen LogP contribution is 2.37. The van der Waals surface area contributed by atoms with Gasteiger partial charge in [-0.05, 0) is 24.6 Å². The molecule has 0 rings (SSSR count). The van der Waals surface area contributed by atoms with Crippen molar-refractivity contribution >= 4 is 14.6 Å². The van der Waals surface area contributed by atoms with Crippen LogP contribution in [0.2, 0.25) is 18.1 Å². The molecule has 2 nitrogen and oxygen atoms in total. The highest BCUT2D eigenvalue weighted by Gasteiger charge is 2.38. The van der Waals surface area contributed by atoms with Crippen molar-refractivity contribution in [3.63, 3.8) is 0 Å². The lowest BCUT2D eigenvalue weighted by atomic mass is 10.0. The van der Waals surface area contributed by atoms with Crippen molar-refractivity contribution in [3.8, 4) is 0 Å². The van der Waals surface area contributed by atoms with Crippen LogP contribution in [0.3, 0.4) is 0 Å². The Kier molecular flexibility index (Phi) is 12.2. The molecule has 0 aliphatic rings. The van der Waals surface area contributed by atoms with Crippen LogP contribution in [-0.4, -0.2) is 20.7 Å². The first-order chi connectivity index (χ1) is 10.7. The fourth-order valence-electron chi connectivity index (χ4n) is 2.54. The van der Waals surface area contributed by atoms with Crippen molar-refractivity contribution in [3.05, 3.63) is 0 Å². The van der Waals surface area contributed by atoms with Gasteiger partial charge in [0.25, 0.3) is 0 Å². The van der Waals surface area contributed by atoms with Gasteiger partial charge in [-0.3, -0.25) is 0 Å². The zero-order valence-corrected chi connectivity index (χ0v) is 17.7. The normalized spacial score (nSPS) is 14.0. The lowest BCUT2D eigenvalue weighted by Crippen LogP contribution is -2.44. The third kappa shape index (κ3) is 11.1. The van der Waals surface area contributed by atoms with E-state index in [0.717, 1.165) is 19.1 Å². The summed E-state index contributed by atoms with van der Waals surface area (Å²) in [5.41, 5.74) is 0. The van der Waals surface area contributed by atoms with Crippen LogP contribution in [-0.2, 0) is 9.22 Å². The van der Waals surface area contributed by atoms with Crippen molar-refractivity contribution in [2.75, 3.05) is 0 Å². The third-order valence-electron chi connectivity index (χ3n) is 5.25. The molecule has 0 N–H and O–H groups in total. The quantitative estimate of drug-likeness (QED) is 0.195. The number of carbonyl (C=O) groups is 1. The zero-order valence-electron chi connectivity index (χ0n) is 16.7. The van der Waals surface area contributed by atoms with Crippen LogP contribution >= 0.6 is 0 Å². The smallest absolute Gasteiger partial charge is 0.193 e. The van der Waals surface area contributed by atoms with Crippen molar-refractivity contribution in [2.45, 2.75) is 123 Å². The molecule has 0 aromatic rings. The second-order valence-electron chi connectivity index (χ2n) is 8.52. The molecule has 0 fully saturated rings. The fraction of sp³-hybridized carbons (Fsp3) is 0.950. The van der Waals surface area contributed by atoms with E-state index in [2.05, 4.69) is 40.8 Å². The number of carbonyl (C=O) groups excluding carboxylic acids is 1. The molecule has 0 saturated carbocycles. The molecule has 0 saturated heterocycles. The van der Waals surface area contributed by atoms with E-state index in [0.29, 0.717) is 0 Å². The summed E-state index contributed by atoms with van der Waals surface area (Å²) in [6.07, 6.45) is 15.0. The molecule has 0 aliphatic heterocycles. The summed E-state index contributed by atoms with van der Waals surface area (Å²) in [6, 6.07) is 0. The molecule has 0 bridgehead atoms. The SMILES string of the molecule is CCCCCCCCCCCCC(C=O)O[Si](C)(C)C(C)(C)C. The summed E-state index contributed by atoms with van der Waals surface area (Å²) in [6.45, 7) is 13.4. The Bertz CT molecular complexity index is 295. The first-order valence-corrected chi connectivity index (χ1v) is 12.8. The van der Waals surface area contributed by atoms with Gasteiger partial charge in [-0.15, -0.1) is 0 Å². The summed E-state index contributed by atoms with van der Waals surface area (Å²) >= 11 is 0. The van der Waals surface area contributed by atoms with Gasteiger partial charge < -0.3 is 9.22 Å². The lowest BCUT2D eigenvalue weighted by molar-refractivity contribution is -0.114. The molecular weight excluding hydrogens is 300 g/mol. The molecule has 23 heavy (non-hydrogen) atoms. The maximum absolute atomic E-state index is 11.3. The molecule has 1 atom stereocenters. The largest absolute Gasteiger partial charge is 0.407 e. The molecule has 1 unspecified atom stereocenters. The standard InChI is InChI=1S/C20H42O2Si/c1-7-8-9-10-11-12-13-14-15-16-17-19(18-21)22-23(5,6)20(2,3)4/h18-19H,7-17H2,1-6H3. The Morgan fingerprint density at radius 3 is 1.70 bits per heavy atom. The Hall–Kier alpha value is -0.153. The fourth-order valence-corrected chi connectivity index (χ4v) is 3.83. The highest BCUT2D eigenvalue weighted by molar-refractivity contribution is 6.74. The van der Waals surface area contributed by atoms with Gasteiger partial charge in [0.15, 0.2) is 8.32 Å². The highest BCUT2D eigenvalue weighted by atomic mass is 28.4. The van der Waals surface area contributed by atoms with E-state index in [4.69, 9.17) is 4.43 Å². The van der Waals surface area contributed by atoms with E-state index in [-0.39, 0.29) is 11.1 Å². The number of hydrogen-bond donors (Lipinski definition) is 0. The van der Waals surface area contributed by atoms with Gasteiger partial charge in [0.2, 0.25) is 0 Å². The number of unbranched alkanes of at least 4 members (excludes halogenated alkanes) is 9. The van der Waals surface area contributed by atoms with Gasteiger partial charge in [-0.2, -0.15) is 0 Å². The van der Waals surface area contributed by atoms with Gasteiger partial charge in [0.1, 0.15) is 12.4 Å². The summed E-state index contributed by atoms with van der Waals surface area (Å²) in [4.78, 5) is 11.3. The minimum atomic E-state index is -1.82. The van der Waals surface area contributed by atoms with E-state index in [1.807, 2.05) is 0 Å². The summed E-state index contributed by atoms with van der Waals surface area (Å²) in [5.74, 6) is 0. The first-order valence-electron chi connectivity index (χ1n) is 9.87. The van der Waals surface area contributed by atoms with Crippen LogP contribution in [0.1, 0.15) is 98.3 Å². The van der Waals surface area contributed by atoms with Crippen molar-refractivity contribution < 1.29 is 9.22 Å². The van der Waals surface area contributed by atoms with Crippen molar-refractivity contribution in [1.29, 1.82) is 0 Å². The Labute approximate surface area is 146 Å². The van der Waals surface area contributed by atoms with Gasteiger partial charge in [-0.1, -0.05) is 91.9 Å². The maximum atomic E-state index is 11.3. The molecule has 3 heteroatoms. The average molecular weight is 343 g/mol. The minimum absolute atomic E-state index is 0.173. The van der Waals surface area contributed by atoms with Gasteiger partial charge in [0.05, 0.1) is 0 Å². The number of aldehydes is 1. The Morgan fingerprint density at radius 1 is 0.870 bits per heavy atom. The Balaban J connectivity index is 3.71. The first kappa shape index (κ1) is 22.8. The van der Waals surface area contributed by atoms with Gasteiger partial charge >= 0.3 is 0 Å². The Morgan fingerprint density at radius 2 is 1.30 bits per heavy atom. The molecule has 0 amide bonds. The molecule has 0 radical (unpaired) electrons. The van der Waals surface area contributed by atoms with Gasteiger partial charge in [0, 0.05) is 0 Å². The third-order valence-corrected chi connectivity index (χ3v) is 9.75. The number of hydrogen-bond acceptors (Lipinski definition) is 2. The van der Waals surface area contributed by atoms with E-state index >= 15 is 0 Å². The van der Waals surface area contributed by atoms with Crippen LogP contribution in [0.5, 0.6) is 0 Å². The second-order valence-corrected chi connectivity index (χ2v) is 13.3. The lowest BCUT2D eigenvalue weighted by Gasteiger charge is -2.38. The van der Waals surface area contributed by atoms with Gasteiger partial charge in [-0.25, -0.2) is 0 Å². The van der Waals surface area contributed by atoms with Crippen LogP contribution in [0.25, 0.3) is 0 Å². The maximum Gasteiger partial charge on any atom is 0.193 e. The van der Waals surface area contributed by atoms with E-state index in [1.165, 1.54) is 57.8 Å². The number of rotatable bonds is 14. The monoisotopic (exact) mass is 342 g/mol. The topological polar surface area (TPSA) is 26.3 Å². The molecule has 0 heterocycles. The molecule has 0 aliphatic carbocycles. The molecule has 0 spiro atoms.